The van der Waals surface area contributed by atoms with E-state index in [0.717, 1.165) is 18.8 Å². The normalized spacial score (nSPS) is 16.3. The van der Waals surface area contributed by atoms with E-state index in [-0.39, 0.29) is 16.8 Å². The molecule has 3 heterocycles. The molecule has 1 saturated heterocycles. The number of rotatable bonds is 4. The number of nitrogens with one attached hydrogen (secondary N) is 2. The van der Waals surface area contributed by atoms with Gasteiger partial charge in [0.15, 0.2) is 11.6 Å². The number of benzene rings is 1. The fraction of sp³-hybridized carbons (Fsp3) is 0.364. The molecular formula is C22H24ClFN6O2. The number of hydrogen-bond acceptors (Lipinski definition) is 7. The molecule has 8 nitrogen and oxygen atoms in total. The first-order valence-corrected chi connectivity index (χ1v) is 10.6. The van der Waals surface area contributed by atoms with E-state index >= 15 is 0 Å². The van der Waals surface area contributed by atoms with Crippen LogP contribution in [0.2, 0.25) is 5.02 Å². The molecule has 0 unspecified atom stereocenters. The van der Waals surface area contributed by atoms with E-state index in [2.05, 4.69) is 25.5 Å². The summed E-state index contributed by atoms with van der Waals surface area (Å²) in [6, 6.07) is 8.37. The molecule has 2 aromatic heterocycles. The average Bonchev–Trinajstić information content (AvgIpc) is 3.18. The van der Waals surface area contributed by atoms with Gasteiger partial charge in [-0.3, -0.25) is 0 Å². The molecule has 0 bridgehead atoms. The van der Waals surface area contributed by atoms with Crippen LogP contribution >= 0.6 is 11.6 Å². The third-order valence-electron chi connectivity index (χ3n) is 4.90. The van der Waals surface area contributed by atoms with Crippen LogP contribution in [0, 0.1) is 5.82 Å². The van der Waals surface area contributed by atoms with Crippen molar-refractivity contribution in [1.82, 2.24) is 20.3 Å². The standard InChI is InChI=1S/C22H24ClFN6O2/c1-22(2,3)32-21(31)27-13-9-10-30(11-13)17-8-7-16-19(29-17)20(26-12-25-16)28-15-6-4-5-14(23)18(15)24/h4-8,12-13H,9-11H2,1-3H3,(H,27,31)(H,25,26,28)/t13-/m1/s1. The number of fused-ring (bicyclic) bond motifs is 1. The first-order chi connectivity index (χ1) is 15.2. The number of carbonyl (C=O) groups is 1. The summed E-state index contributed by atoms with van der Waals surface area (Å²) in [6.45, 7) is 6.80. The summed E-state index contributed by atoms with van der Waals surface area (Å²) < 4.78 is 19.7. The maximum absolute atomic E-state index is 14.4. The van der Waals surface area contributed by atoms with Crippen molar-refractivity contribution >= 4 is 46.1 Å². The Labute approximate surface area is 190 Å². The van der Waals surface area contributed by atoms with Crippen molar-refractivity contribution in [2.45, 2.75) is 38.8 Å². The SMILES string of the molecule is CC(C)(C)OC(=O)N[C@@H]1CCN(c2ccc3ncnc(Nc4cccc(Cl)c4F)c3n2)C1. The highest BCUT2D eigenvalue weighted by Gasteiger charge is 2.27. The Hall–Kier alpha value is -3.20. The zero-order valence-electron chi connectivity index (χ0n) is 18.0. The Bertz CT molecular complexity index is 1150. The number of ether oxygens (including phenoxy) is 1. The molecule has 0 radical (unpaired) electrons. The van der Waals surface area contributed by atoms with Gasteiger partial charge in [-0.15, -0.1) is 0 Å². The molecule has 0 spiro atoms. The lowest BCUT2D eigenvalue weighted by Gasteiger charge is -2.22. The Balaban J connectivity index is 1.53. The van der Waals surface area contributed by atoms with Gasteiger partial charge in [-0.25, -0.2) is 24.1 Å². The number of nitrogens with zero attached hydrogens (tertiary/aromatic N) is 4. The lowest BCUT2D eigenvalue weighted by molar-refractivity contribution is 0.0509. The molecule has 0 aliphatic carbocycles. The molecule has 3 aromatic rings. The van der Waals surface area contributed by atoms with Gasteiger partial charge in [0.1, 0.15) is 23.3 Å². The minimum Gasteiger partial charge on any atom is -0.444 e. The number of carbonyl (C=O) groups excluding carboxylic acids is 1. The Morgan fingerprint density at radius 2 is 2.06 bits per heavy atom. The van der Waals surface area contributed by atoms with E-state index in [9.17, 15) is 9.18 Å². The van der Waals surface area contributed by atoms with Crippen molar-refractivity contribution in [3.63, 3.8) is 0 Å². The summed E-state index contributed by atoms with van der Waals surface area (Å²) >= 11 is 5.89. The Morgan fingerprint density at radius 3 is 2.84 bits per heavy atom. The van der Waals surface area contributed by atoms with Crippen molar-refractivity contribution in [3.8, 4) is 0 Å². The van der Waals surface area contributed by atoms with E-state index in [1.54, 1.807) is 12.1 Å². The lowest BCUT2D eigenvalue weighted by atomic mass is 10.2. The topological polar surface area (TPSA) is 92.3 Å². The molecule has 1 fully saturated rings. The fourth-order valence-corrected chi connectivity index (χ4v) is 3.66. The van der Waals surface area contributed by atoms with Crippen LogP contribution in [0.5, 0.6) is 0 Å². The summed E-state index contributed by atoms with van der Waals surface area (Å²) in [5.74, 6) is 0.531. The van der Waals surface area contributed by atoms with Crippen molar-refractivity contribution in [1.29, 1.82) is 0 Å². The van der Waals surface area contributed by atoms with E-state index in [4.69, 9.17) is 21.3 Å². The van der Waals surface area contributed by atoms with Crippen LogP contribution in [-0.4, -0.2) is 45.8 Å². The van der Waals surface area contributed by atoms with Crippen molar-refractivity contribution < 1.29 is 13.9 Å². The van der Waals surface area contributed by atoms with E-state index in [1.165, 1.54) is 12.4 Å². The number of pyridine rings is 1. The van der Waals surface area contributed by atoms with Crippen LogP contribution in [0.4, 0.5) is 26.5 Å². The van der Waals surface area contributed by atoms with Gasteiger partial charge in [-0.1, -0.05) is 17.7 Å². The van der Waals surface area contributed by atoms with E-state index in [1.807, 2.05) is 32.9 Å². The molecule has 1 amide bonds. The predicted molar refractivity (Wildman–Crippen MR) is 122 cm³/mol. The molecule has 10 heteroatoms. The molecule has 168 valence electrons. The number of aromatic nitrogens is 3. The van der Waals surface area contributed by atoms with Crippen LogP contribution in [0.25, 0.3) is 11.0 Å². The van der Waals surface area contributed by atoms with Gasteiger partial charge in [0.25, 0.3) is 0 Å². The summed E-state index contributed by atoms with van der Waals surface area (Å²) in [5.41, 5.74) is 0.783. The quantitative estimate of drug-likeness (QED) is 0.587. The van der Waals surface area contributed by atoms with Gasteiger partial charge in [-0.2, -0.15) is 0 Å². The summed E-state index contributed by atoms with van der Waals surface area (Å²) in [4.78, 5) is 27.4. The highest BCUT2D eigenvalue weighted by atomic mass is 35.5. The van der Waals surface area contributed by atoms with Gasteiger partial charge >= 0.3 is 6.09 Å². The Morgan fingerprint density at radius 1 is 1.25 bits per heavy atom. The van der Waals surface area contributed by atoms with Gasteiger partial charge < -0.3 is 20.3 Å². The van der Waals surface area contributed by atoms with E-state index in [0.29, 0.717) is 23.4 Å². The molecule has 1 aliphatic heterocycles. The minimum atomic E-state index is -0.562. The molecule has 1 aliphatic rings. The number of halogens is 2. The molecule has 1 atom stereocenters. The van der Waals surface area contributed by atoms with Crippen LogP contribution in [0.1, 0.15) is 27.2 Å². The van der Waals surface area contributed by atoms with Crippen LogP contribution in [0.3, 0.4) is 0 Å². The van der Waals surface area contributed by atoms with Crippen molar-refractivity contribution in [3.05, 3.63) is 47.5 Å². The van der Waals surface area contributed by atoms with Crippen molar-refractivity contribution in [2.75, 3.05) is 23.3 Å². The van der Waals surface area contributed by atoms with Crippen LogP contribution < -0.4 is 15.5 Å². The van der Waals surface area contributed by atoms with Crippen molar-refractivity contribution in [2.24, 2.45) is 0 Å². The third-order valence-corrected chi connectivity index (χ3v) is 5.20. The van der Waals surface area contributed by atoms with E-state index < -0.39 is 17.5 Å². The Kier molecular flexibility index (Phi) is 6.01. The van der Waals surface area contributed by atoms with Crippen LogP contribution in [0.15, 0.2) is 36.7 Å². The third kappa shape index (κ3) is 4.99. The average molecular weight is 459 g/mol. The van der Waals surface area contributed by atoms with Gasteiger partial charge in [0.05, 0.1) is 22.3 Å². The molecule has 4 rings (SSSR count). The molecular weight excluding hydrogens is 435 g/mol. The second-order valence-electron chi connectivity index (χ2n) is 8.56. The largest absolute Gasteiger partial charge is 0.444 e. The highest BCUT2D eigenvalue weighted by Crippen LogP contribution is 2.29. The molecule has 1 aromatic carbocycles. The minimum absolute atomic E-state index is 0.0163. The predicted octanol–water partition coefficient (Wildman–Crippen LogP) is 4.66. The monoisotopic (exact) mass is 458 g/mol. The van der Waals surface area contributed by atoms with Gasteiger partial charge in [0, 0.05) is 13.1 Å². The number of alkyl carbamates (subject to hydrolysis) is 1. The van der Waals surface area contributed by atoms with Gasteiger partial charge in [0.2, 0.25) is 0 Å². The zero-order valence-corrected chi connectivity index (χ0v) is 18.8. The summed E-state index contributed by atoms with van der Waals surface area (Å²) in [6.07, 6.45) is 1.73. The van der Waals surface area contributed by atoms with Crippen LogP contribution in [-0.2, 0) is 4.74 Å². The number of hydrogen-bond donors (Lipinski definition) is 2. The number of anilines is 3. The maximum Gasteiger partial charge on any atom is 0.407 e. The molecule has 0 saturated carbocycles. The number of amides is 1. The van der Waals surface area contributed by atoms with Gasteiger partial charge in [-0.05, 0) is 51.5 Å². The fourth-order valence-electron chi connectivity index (χ4n) is 3.49. The molecule has 2 N–H and O–H groups in total. The smallest absolute Gasteiger partial charge is 0.407 e. The maximum atomic E-state index is 14.4. The first-order valence-electron chi connectivity index (χ1n) is 10.3. The first kappa shape index (κ1) is 22.0. The lowest BCUT2D eigenvalue weighted by Crippen LogP contribution is -2.40. The second-order valence-corrected chi connectivity index (χ2v) is 8.97. The second kappa shape index (κ2) is 8.74. The zero-order chi connectivity index (χ0) is 22.9. The summed E-state index contributed by atoms with van der Waals surface area (Å²) in [5, 5.41) is 5.89. The summed E-state index contributed by atoms with van der Waals surface area (Å²) in [7, 11) is 0. The molecule has 32 heavy (non-hydrogen) atoms. The highest BCUT2D eigenvalue weighted by molar-refractivity contribution is 6.31.